The molecule has 0 atom stereocenters. The highest BCUT2D eigenvalue weighted by molar-refractivity contribution is 6.71. The lowest BCUT2D eigenvalue weighted by Crippen LogP contribution is -2.40. The Bertz CT molecular complexity index is 130. The average molecular weight is 174 g/mol. The van der Waals surface area contributed by atoms with Gasteiger partial charge in [0.2, 0.25) is 0 Å². The summed E-state index contributed by atoms with van der Waals surface area (Å²) in [4.78, 5) is 0. The van der Waals surface area contributed by atoms with E-state index in [0.29, 0.717) is 26.4 Å². The van der Waals surface area contributed by atoms with Crippen molar-refractivity contribution in [2.24, 2.45) is 0 Å². The largest absolute Gasteiger partial charge is 0.389 e. The van der Waals surface area contributed by atoms with E-state index in [4.69, 9.17) is 13.6 Å². The Morgan fingerprint density at radius 1 is 1.18 bits per heavy atom. The first-order valence-electron chi connectivity index (χ1n) is 3.76. The Labute approximate surface area is 68.2 Å². The second-order valence-electron chi connectivity index (χ2n) is 2.53. The third-order valence-corrected chi connectivity index (χ3v) is 3.90. The molecule has 0 spiro atoms. The van der Waals surface area contributed by atoms with Crippen LogP contribution in [-0.2, 0) is 13.6 Å². The van der Waals surface area contributed by atoms with Crippen LogP contribution < -0.4 is 0 Å². The van der Waals surface area contributed by atoms with Crippen LogP contribution in [0.4, 0.5) is 0 Å². The topological polar surface area (TPSA) is 27.7 Å². The summed E-state index contributed by atoms with van der Waals surface area (Å²) in [6.07, 6.45) is 0. The fourth-order valence-corrected chi connectivity index (χ4v) is 2.16. The predicted molar refractivity (Wildman–Crippen MR) is 44.5 cm³/mol. The van der Waals surface area contributed by atoms with E-state index in [1.54, 1.807) is 5.70 Å². The highest BCUT2D eigenvalue weighted by Gasteiger charge is 2.28. The SMILES string of the molecule is C=C[Si]1(C)OCCOCCO1. The van der Waals surface area contributed by atoms with Crippen LogP contribution >= 0.6 is 0 Å². The molecule has 0 amide bonds. The zero-order valence-corrected chi connectivity index (χ0v) is 7.84. The molecule has 4 heteroatoms. The van der Waals surface area contributed by atoms with Crippen LogP contribution in [0.2, 0.25) is 6.55 Å². The van der Waals surface area contributed by atoms with Gasteiger partial charge in [-0.1, -0.05) is 0 Å². The minimum Gasteiger partial charge on any atom is -0.389 e. The standard InChI is InChI=1S/C7H14O3Si/c1-3-11(2)9-6-4-8-5-7-10-11/h3H,1,4-7H2,2H3. The van der Waals surface area contributed by atoms with E-state index in [1.807, 2.05) is 6.55 Å². The fourth-order valence-electron chi connectivity index (χ4n) is 0.868. The molecule has 11 heavy (non-hydrogen) atoms. The Morgan fingerprint density at radius 3 is 2.18 bits per heavy atom. The van der Waals surface area contributed by atoms with Crippen molar-refractivity contribution in [1.29, 1.82) is 0 Å². The molecule has 0 bridgehead atoms. The summed E-state index contributed by atoms with van der Waals surface area (Å²) in [6, 6.07) is 0. The normalized spacial score (nSPS) is 25.2. The maximum Gasteiger partial charge on any atom is 0.361 e. The molecule has 0 aliphatic carbocycles. The number of hydrogen-bond acceptors (Lipinski definition) is 3. The van der Waals surface area contributed by atoms with Gasteiger partial charge < -0.3 is 13.6 Å². The molecule has 0 unspecified atom stereocenters. The molecule has 0 aromatic heterocycles. The molecule has 0 saturated carbocycles. The number of rotatable bonds is 1. The molecule has 0 N–H and O–H groups in total. The minimum absolute atomic E-state index is 0.620. The summed E-state index contributed by atoms with van der Waals surface area (Å²) >= 11 is 0. The van der Waals surface area contributed by atoms with Gasteiger partial charge in [0.1, 0.15) is 0 Å². The van der Waals surface area contributed by atoms with E-state index in [1.165, 1.54) is 0 Å². The van der Waals surface area contributed by atoms with Crippen LogP contribution in [0.5, 0.6) is 0 Å². The lowest BCUT2D eigenvalue weighted by molar-refractivity contribution is 0.0303. The van der Waals surface area contributed by atoms with Gasteiger partial charge in [-0.15, -0.1) is 6.58 Å². The number of hydrogen-bond donors (Lipinski definition) is 0. The monoisotopic (exact) mass is 174 g/mol. The van der Waals surface area contributed by atoms with Gasteiger partial charge in [-0.05, 0) is 12.2 Å². The maximum atomic E-state index is 5.49. The summed E-state index contributed by atoms with van der Waals surface area (Å²) in [5.41, 5.74) is 1.80. The van der Waals surface area contributed by atoms with Gasteiger partial charge in [0.05, 0.1) is 26.4 Å². The second-order valence-corrected chi connectivity index (χ2v) is 5.55. The lowest BCUT2D eigenvalue weighted by atomic mass is 10.7. The molecule has 3 nitrogen and oxygen atoms in total. The molecule has 1 fully saturated rings. The molecule has 0 radical (unpaired) electrons. The van der Waals surface area contributed by atoms with Crippen molar-refractivity contribution >= 4 is 8.56 Å². The lowest BCUT2D eigenvalue weighted by Gasteiger charge is -2.25. The molecule has 64 valence electrons. The van der Waals surface area contributed by atoms with E-state index in [2.05, 4.69) is 6.58 Å². The van der Waals surface area contributed by atoms with Crippen molar-refractivity contribution in [2.45, 2.75) is 6.55 Å². The van der Waals surface area contributed by atoms with Crippen molar-refractivity contribution < 1.29 is 13.6 Å². The summed E-state index contributed by atoms with van der Waals surface area (Å²) in [5, 5.41) is 0. The predicted octanol–water partition coefficient (Wildman–Crippen LogP) is 0.847. The van der Waals surface area contributed by atoms with Gasteiger partial charge >= 0.3 is 8.56 Å². The molecule has 1 rings (SSSR count). The molecular formula is C7H14O3Si. The van der Waals surface area contributed by atoms with Gasteiger partial charge in [-0.2, -0.15) is 0 Å². The van der Waals surface area contributed by atoms with Crippen molar-refractivity contribution in [3.63, 3.8) is 0 Å². The first-order valence-corrected chi connectivity index (χ1v) is 6.15. The molecule has 1 heterocycles. The van der Waals surface area contributed by atoms with E-state index in [-0.39, 0.29) is 0 Å². The smallest absolute Gasteiger partial charge is 0.361 e. The summed E-state index contributed by atoms with van der Waals surface area (Å²) < 4.78 is 16.1. The third-order valence-electron chi connectivity index (χ3n) is 1.60. The molecular weight excluding hydrogens is 160 g/mol. The van der Waals surface area contributed by atoms with Crippen molar-refractivity contribution in [3.05, 3.63) is 12.3 Å². The average Bonchev–Trinajstić information content (AvgIpc) is 1.98. The van der Waals surface area contributed by atoms with Crippen molar-refractivity contribution in [3.8, 4) is 0 Å². The van der Waals surface area contributed by atoms with E-state index < -0.39 is 8.56 Å². The van der Waals surface area contributed by atoms with E-state index >= 15 is 0 Å². The highest BCUT2D eigenvalue weighted by atomic mass is 28.4. The summed E-state index contributed by atoms with van der Waals surface area (Å²) in [6.45, 7) is 8.26. The Hall–Kier alpha value is -0.163. The Morgan fingerprint density at radius 2 is 1.73 bits per heavy atom. The first-order chi connectivity index (χ1) is 5.27. The second kappa shape index (κ2) is 4.01. The number of ether oxygens (including phenoxy) is 1. The highest BCUT2D eigenvalue weighted by Crippen LogP contribution is 2.09. The van der Waals surface area contributed by atoms with E-state index in [0.717, 1.165) is 0 Å². The zero-order chi connectivity index (χ0) is 8.16. The van der Waals surface area contributed by atoms with E-state index in [9.17, 15) is 0 Å². The molecule has 1 aliphatic rings. The summed E-state index contributed by atoms with van der Waals surface area (Å²) in [7, 11) is -2.01. The van der Waals surface area contributed by atoms with Crippen molar-refractivity contribution in [2.75, 3.05) is 26.4 Å². The van der Waals surface area contributed by atoms with Crippen LogP contribution in [0.3, 0.4) is 0 Å². The zero-order valence-electron chi connectivity index (χ0n) is 6.84. The maximum absolute atomic E-state index is 5.49. The van der Waals surface area contributed by atoms with Gasteiger partial charge in [0.15, 0.2) is 0 Å². The van der Waals surface area contributed by atoms with Gasteiger partial charge in [0.25, 0.3) is 0 Å². The van der Waals surface area contributed by atoms with Crippen LogP contribution in [0.15, 0.2) is 12.3 Å². The van der Waals surface area contributed by atoms with Crippen molar-refractivity contribution in [1.82, 2.24) is 0 Å². The van der Waals surface area contributed by atoms with Crippen LogP contribution in [0, 0.1) is 0 Å². The minimum atomic E-state index is -2.01. The van der Waals surface area contributed by atoms with Crippen LogP contribution in [0.25, 0.3) is 0 Å². The first kappa shape index (κ1) is 8.93. The fraction of sp³-hybridized carbons (Fsp3) is 0.714. The summed E-state index contributed by atoms with van der Waals surface area (Å²) in [5.74, 6) is 0. The van der Waals surface area contributed by atoms with Gasteiger partial charge in [-0.25, -0.2) is 0 Å². The third kappa shape index (κ3) is 2.74. The molecule has 0 aromatic carbocycles. The molecule has 1 aliphatic heterocycles. The quantitative estimate of drug-likeness (QED) is 0.551. The van der Waals surface area contributed by atoms with Crippen LogP contribution in [0.1, 0.15) is 0 Å². The van der Waals surface area contributed by atoms with Crippen LogP contribution in [-0.4, -0.2) is 35.0 Å². The van der Waals surface area contributed by atoms with Gasteiger partial charge in [0, 0.05) is 0 Å². The molecule has 1 saturated heterocycles. The Kier molecular flexibility index (Phi) is 3.26. The van der Waals surface area contributed by atoms with Gasteiger partial charge in [-0.3, -0.25) is 0 Å². The Balaban J connectivity index is 2.43. The molecule has 0 aromatic rings.